The van der Waals surface area contributed by atoms with E-state index in [4.69, 9.17) is 4.74 Å². The van der Waals surface area contributed by atoms with Gasteiger partial charge in [-0.3, -0.25) is 10.1 Å². The van der Waals surface area contributed by atoms with Crippen molar-refractivity contribution in [1.29, 1.82) is 0 Å². The zero-order valence-electron chi connectivity index (χ0n) is 11.0. The van der Waals surface area contributed by atoms with Gasteiger partial charge in [-0.1, -0.05) is 25.7 Å². The molecule has 1 aromatic heterocycles. The van der Waals surface area contributed by atoms with Crippen molar-refractivity contribution in [3.05, 3.63) is 16.4 Å². The fourth-order valence-corrected chi connectivity index (χ4v) is 2.40. The van der Waals surface area contributed by atoms with Crippen LogP contribution in [0.15, 0.2) is 6.33 Å². The Morgan fingerprint density at radius 3 is 2.58 bits per heavy atom. The van der Waals surface area contributed by atoms with Gasteiger partial charge in [-0.2, -0.15) is 4.98 Å². The molecule has 0 aliphatic heterocycles. The molecule has 0 spiro atoms. The van der Waals surface area contributed by atoms with E-state index in [9.17, 15) is 10.1 Å². The van der Waals surface area contributed by atoms with Gasteiger partial charge in [0, 0.05) is 6.04 Å². The number of hydrogen-bond donors (Lipinski definition) is 1. The molecule has 0 unspecified atom stereocenters. The number of rotatable bonds is 4. The average Bonchev–Trinajstić information content (AvgIpc) is 2.66. The lowest BCUT2D eigenvalue weighted by atomic mass is 10.1. The molecule has 0 amide bonds. The predicted molar refractivity (Wildman–Crippen MR) is 70.4 cm³/mol. The van der Waals surface area contributed by atoms with Crippen LogP contribution >= 0.6 is 0 Å². The Hall–Kier alpha value is -1.92. The summed E-state index contributed by atoms with van der Waals surface area (Å²) in [5, 5.41) is 14.3. The Bertz CT molecular complexity index is 445. The maximum atomic E-state index is 11.1. The summed E-state index contributed by atoms with van der Waals surface area (Å²) in [6.07, 6.45) is 8.07. The Morgan fingerprint density at radius 1 is 1.32 bits per heavy atom. The summed E-state index contributed by atoms with van der Waals surface area (Å²) in [7, 11) is 1.37. The number of ether oxygens (including phenoxy) is 1. The molecule has 0 radical (unpaired) electrons. The summed E-state index contributed by atoms with van der Waals surface area (Å²) in [5.74, 6) is 0.250. The summed E-state index contributed by atoms with van der Waals surface area (Å²) in [6, 6.07) is 0.237. The number of methoxy groups -OCH3 is 1. The normalized spacial score (nSPS) is 16.7. The third kappa shape index (κ3) is 3.30. The van der Waals surface area contributed by atoms with E-state index < -0.39 is 4.92 Å². The highest BCUT2D eigenvalue weighted by molar-refractivity contribution is 5.61. The van der Waals surface area contributed by atoms with Crippen LogP contribution in [0.25, 0.3) is 0 Å². The van der Waals surface area contributed by atoms with E-state index in [1.807, 2.05) is 0 Å². The molecule has 0 aromatic carbocycles. The number of nitrogens with zero attached hydrogens (tertiary/aromatic N) is 3. The Kier molecular flexibility index (Phi) is 4.48. The van der Waals surface area contributed by atoms with Crippen molar-refractivity contribution in [2.24, 2.45) is 0 Å². The van der Waals surface area contributed by atoms with E-state index in [0.29, 0.717) is 0 Å². The van der Waals surface area contributed by atoms with Crippen LogP contribution in [0.5, 0.6) is 5.88 Å². The summed E-state index contributed by atoms with van der Waals surface area (Å²) < 4.78 is 4.93. The standard InChI is InChI=1S/C12H18N4O3/c1-19-12-10(16(17)18)11(13-8-14-12)15-9-6-4-2-3-5-7-9/h8-9H,2-7H2,1H3,(H,13,14,15). The summed E-state index contributed by atoms with van der Waals surface area (Å²) in [5.41, 5.74) is -0.186. The van der Waals surface area contributed by atoms with Crippen molar-refractivity contribution in [3.63, 3.8) is 0 Å². The van der Waals surface area contributed by atoms with Gasteiger partial charge < -0.3 is 10.1 Å². The third-order valence-corrected chi connectivity index (χ3v) is 3.36. The fraction of sp³-hybridized carbons (Fsp3) is 0.667. The highest BCUT2D eigenvalue weighted by Gasteiger charge is 2.25. The molecule has 1 aliphatic carbocycles. The van der Waals surface area contributed by atoms with Crippen LogP contribution in [0.4, 0.5) is 11.5 Å². The van der Waals surface area contributed by atoms with Crippen LogP contribution in [0.2, 0.25) is 0 Å². The van der Waals surface area contributed by atoms with E-state index in [0.717, 1.165) is 25.7 Å². The minimum atomic E-state index is -0.502. The first-order valence-electron chi connectivity index (χ1n) is 6.52. The average molecular weight is 266 g/mol. The van der Waals surface area contributed by atoms with E-state index in [2.05, 4.69) is 15.3 Å². The van der Waals surface area contributed by atoms with Crippen molar-refractivity contribution in [3.8, 4) is 5.88 Å². The Labute approximate surface area is 111 Å². The minimum Gasteiger partial charge on any atom is -0.476 e. The molecule has 0 atom stereocenters. The van der Waals surface area contributed by atoms with E-state index in [-0.39, 0.29) is 23.4 Å². The van der Waals surface area contributed by atoms with Gasteiger partial charge in [0.15, 0.2) is 0 Å². The minimum absolute atomic E-state index is 0.00359. The molecule has 1 N–H and O–H groups in total. The molecule has 1 aliphatic rings. The fourth-order valence-electron chi connectivity index (χ4n) is 2.40. The van der Waals surface area contributed by atoms with Crippen LogP contribution in [0.3, 0.4) is 0 Å². The van der Waals surface area contributed by atoms with Gasteiger partial charge in [0.2, 0.25) is 5.82 Å². The molecule has 19 heavy (non-hydrogen) atoms. The lowest BCUT2D eigenvalue weighted by Crippen LogP contribution is -2.20. The molecule has 1 saturated carbocycles. The second-order valence-corrected chi connectivity index (χ2v) is 4.67. The maximum absolute atomic E-state index is 11.1. The monoisotopic (exact) mass is 266 g/mol. The molecular weight excluding hydrogens is 248 g/mol. The number of aromatic nitrogens is 2. The van der Waals surface area contributed by atoms with Gasteiger partial charge in [0.05, 0.1) is 12.0 Å². The zero-order chi connectivity index (χ0) is 13.7. The molecule has 1 heterocycles. The number of nitrogens with one attached hydrogen (secondary N) is 1. The second-order valence-electron chi connectivity index (χ2n) is 4.67. The highest BCUT2D eigenvalue weighted by atomic mass is 16.6. The molecule has 7 heteroatoms. The van der Waals surface area contributed by atoms with Gasteiger partial charge >= 0.3 is 5.69 Å². The van der Waals surface area contributed by atoms with E-state index >= 15 is 0 Å². The lowest BCUT2D eigenvalue weighted by Gasteiger charge is -2.16. The second kappa shape index (κ2) is 6.31. The first-order chi connectivity index (χ1) is 9.22. The van der Waals surface area contributed by atoms with Gasteiger partial charge in [-0.15, -0.1) is 0 Å². The van der Waals surface area contributed by atoms with Crippen molar-refractivity contribution >= 4 is 11.5 Å². The summed E-state index contributed by atoms with van der Waals surface area (Å²) in [6.45, 7) is 0. The summed E-state index contributed by atoms with van der Waals surface area (Å²) in [4.78, 5) is 18.4. The number of hydrogen-bond acceptors (Lipinski definition) is 6. The van der Waals surface area contributed by atoms with Gasteiger partial charge in [0.1, 0.15) is 6.33 Å². The van der Waals surface area contributed by atoms with Crippen molar-refractivity contribution < 1.29 is 9.66 Å². The quantitative estimate of drug-likeness (QED) is 0.511. The van der Waals surface area contributed by atoms with Crippen LogP contribution in [0, 0.1) is 10.1 Å². The highest BCUT2D eigenvalue weighted by Crippen LogP contribution is 2.32. The van der Waals surface area contributed by atoms with Crippen molar-refractivity contribution in [2.75, 3.05) is 12.4 Å². The topological polar surface area (TPSA) is 90.2 Å². The van der Waals surface area contributed by atoms with Gasteiger partial charge in [-0.05, 0) is 12.8 Å². The number of anilines is 1. The third-order valence-electron chi connectivity index (χ3n) is 3.36. The van der Waals surface area contributed by atoms with Crippen LogP contribution in [0.1, 0.15) is 38.5 Å². The Balaban J connectivity index is 2.21. The molecular formula is C12H18N4O3. The molecule has 1 aromatic rings. The summed E-state index contributed by atoms with van der Waals surface area (Å²) >= 11 is 0. The van der Waals surface area contributed by atoms with Gasteiger partial charge in [-0.25, -0.2) is 4.98 Å². The predicted octanol–water partition coefficient (Wildman–Crippen LogP) is 2.53. The molecule has 104 valence electrons. The molecule has 7 nitrogen and oxygen atoms in total. The van der Waals surface area contributed by atoms with Gasteiger partial charge in [0.25, 0.3) is 5.88 Å². The van der Waals surface area contributed by atoms with E-state index in [1.165, 1.54) is 26.3 Å². The van der Waals surface area contributed by atoms with Crippen LogP contribution < -0.4 is 10.1 Å². The van der Waals surface area contributed by atoms with Crippen molar-refractivity contribution in [2.45, 2.75) is 44.6 Å². The first kappa shape index (κ1) is 13.5. The molecule has 1 fully saturated rings. The molecule has 0 bridgehead atoms. The maximum Gasteiger partial charge on any atom is 0.372 e. The molecule has 2 rings (SSSR count). The lowest BCUT2D eigenvalue weighted by molar-refractivity contribution is -0.385. The largest absolute Gasteiger partial charge is 0.476 e. The van der Waals surface area contributed by atoms with Crippen molar-refractivity contribution in [1.82, 2.24) is 9.97 Å². The smallest absolute Gasteiger partial charge is 0.372 e. The first-order valence-corrected chi connectivity index (χ1v) is 6.52. The molecule has 0 saturated heterocycles. The SMILES string of the molecule is COc1ncnc(NC2CCCCCC2)c1[N+](=O)[O-]. The van der Waals surface area contributed by atoms with Crippen LogP contribution in [-0.4, -0.2) is 28.0 Å². The van der Waals surface area contributed by atoms with E-state index in [1.54, 1.807) is 0 Å². The number of nitro groups is 1. The Morgan fingerprint density at radius 2 is 2.00 bits per heavy atom. The zero-order valence-corrected chi connectivity index (χ0v) is 11.0. The van der Waals surface area contributed by atoms with Crippen LogP contribution in [-0.2, 0) is 0 Å².